The molecule has 2 rings (SSSR count). The van der Waals surface area contributed by atoms with Gasteiger partial charge in [-0.15, -0.1) is 0 Å². The maximum atomic E-state index is 11.9. The Morgan fingerprint density at radius 2 is 2.16 bits per heavy atom. The minimum atomic E-state index is -3.24. The number of sulfone groups is 1. The molecular weight excluding hydrogens is 266 g/mol. The molecule has 2 heterocycles. The summed E-state index contributed by atoms with van der Waals surface area (Å²) < 4.78 is 30.8. The predicted molar refractivity (Wildman–Crippen MR) is 70.3 cm³/mol. The van der Waals surface area contributed by atoms with Crippen LogP contribution in [0.25, 0.3) is 0 Å². The fourth-order valence-corrected chi connectivity index (χ4v) is 2.78. The smallest absolute Gasteiger partial charge is 0.209 e. The van der Waals surface area contributed by atoms with Crippen molar-refractivity contribution in [1.29, 1.82) is 0 Å². The maximum Gasteiger partial charge on any atom is 0.209 e. The lowest BCUT2D eigenvalue weighted by atomic mass is 10.4. The van der Waals surface area contributed by atoms with Crippen LogP contribution in [0.5, 0.6) is 0 Å². The molecule has 0 unspecified atom stereocenters. The van der Waals surface area contributed by atoms with Gasteiger partial charge in [0.25, 0.3) is 0 Å². The van der Waals surface area contributed by atoms with E-state index < -0.39 is 9.84 Å². The van der Waals surface area contributed by atoms with E-state index in [4.69, 9.17) is 4.42 Å². The van der Waals surface area contributed by atoms with Gasteiger partial charge in [-0.3, -0.25) is 4.68 Å². The molecule has 0 saturated heterocycles. The van der Waals surface area contributed by atoms with Crippen LogP contribution in [-0.4, -0.2) is 28.9 Å². The molecule has 0 aliphatic carbocycles. The van der Waals surface area contributed by atoms with Crippen molar-refractivity contribution in [1.82, 2.24) is 14.8 Å². The highest BCUT2D eigenvalue weighted by Crippen LogP contribution is 2.09. The van der Waals surface area contributed by atoms with Gasteiger partial charge in [-0.2, -0.15) is 5.10 Å². The van der Waals surface area contributed by atoms with Crippen LogP contribution < -0.4 is 0 Å². The molecule has 104 valence electrons. The summed E-state index contributed by atoms with van der Waals surface area (Å²) in [4.78, 5) is 3.96. The third kappa shape index (κ3) is 3.92. The number of aryl methyl sites for hydroxylation is 3. The van der Waals surface area contributed by atoms with E-state index in [1.165, 1.54) is 0 Å². The maximum absolute atomic E-state index is 11.9. The summed E-state index contributed by atoms with van der Waals surface area (Å²) >= 11 is 0. The molecule has 0 radical (unpaired) electrons. The van der Waals surface area contributed by atoms with Crippen LogP contribution in [-0.2, 0) is 28.6 Å². The molecule has 0 N–H and O–H groups in total. The number of hydrogen-bond donors (Lipinski definition) is 0. The van der Waals surface area contributed by atoms with Gasteiger partial charge in [0.1, 0.15) is 11.5 Å². The van der Waals surface area contributed by atoms with E-state index in [0.717, 1.165) is 5.56 Å². The van der Waals surface area contributed by atoms with Crippen LogP contribution in [0.1, 0.15) is 24.1 Å². The van der Waals surface area contributed by atoms with E-state index in [9.17, 15) is 8.42 Å². The molecular formula is C12H17N3O3S. The molecule has 0 aromatic carbocycles. The Bertz CT molecular complexity index is 643. The van der Waals surface area contributed by atoms with Gasteiger partial charge in [0.15, 0.2) is 9.84 Å². The highest BCUT2D eigenvalue weighted by molar-refractivity contribution is 7.90. The fraction of sp³-hybridized carbons (Fsp3) is 0.500. The van der Waals surface area contributed by atoms with Crippen molar-refractivity contribution in [2.24, 2.45) is 0 Å². The first-order chi connectivity index (χ1) is 8.98. The van der Waals surface area contributed by atoms with Crippen molar-refractivity contribution in [3.8, 4) is 0 Å². The number of rotatable bonds is 6. The lowest BCUT2D eigenvalue weighted by molar-refractivity contribution is 0.470. The third-order valence-electron chi connectivity index (χ3n) is 2.69. The van der Waals surface area contributed by atoms with E-state index >= 15 is 0 Å². The summed E-state index contributed by atoms with van der Waals surface area (Å²) in [5.74, 6) is 0.826. The van der Waals surface area contributed by atoms with Crippen LogP contribution in [0.15, 0.2) is 23.0 Å². The second-order valence-electron chi connectivity index (χ2n) is 4.45. The van der Waals surface area contributed by atoms with Gasteiger partial charge in [0, 0.05) is 12.6 Å². The normalized spacial score (nSPS) is 11.9. The van der Waals surface area contributed by atoms with E-state index in [2.05, 4.69) is 10.1 Å². The van der Waals surface area contributed by atoms with Crippen LogP contribution in [0.2, 0.25) is 0 Å². The van der Waals surface area contributed by atoms with Crippen molar-refractivity contribution in [3.05, 3.63) is 35.8 Å². The number of oxazole rings is 1. The molecule has 0 amide bonds. The minimum absolute atomic E-state index is 0.0258. The predicted octanol–water partition coefficient (Wildman–Crippen LogP) is 1.36. The van der Waals surface area contributed by atoms with Gasteiger partial charge in [0.2, 0.25) is 5.89 Å². The summed E-state index contributed by atoms with van der Waals surface area (Å²) in [5.41, 5.74) is 1.01. The zero-order chi connectivity index (χ0) is 13.9. The van der Waals surface area contributed by atoms with E-state index in [0.29, 0.717) is 18.7 Å². The SMILES string of the molecule is CCc1cnc(CS(=O)(=O)CCn2cc(C)cn2)o1. The molecule has 0 aliphatic heterocycles. The molecule has 19 heavy (non-hydrogen) atoms. The van der Waals surface area contributed by atoms with Gasteiger partial charge in [-0.05, 0) is 12.5 Å². The molecule has 7 heteroatoms. The van der Waals surface area contributed by atoms with Gasteiger partial charge in [0.05, 0.1) is 24.7 Å². The Hall–Kier alpha value is -1.63. The molecule has 0 fully saturated rings. The van der Waals surface area contributed by atoms with Crippen LogP contribution in [0, 0.1) is 6.92 Å². The first-order valence-electron chi connectivity index (χ1n) is 6.11. The molecule has 2 aromatic rings. The zero-order valence-corrected chi connectivity index (χ0v) is 11.9. The lowest BCUT2D eigenvalue weighted by Gasteiger charge is -2.02. The zero-order valence-electron chi connectivity index (χ0n) is 11.0. The van der Waals surface area contributed by atoms with E-state index in [-0.39, 0.29) is 17.4 Å². The van der Waals surface area contributed by atoms with Crippen molar-refractivity contribution in [3.63, 3.8) is 0 Å². The second-order valence-corrected chi connectivity index (χ2v) is 6.63. The summed E-state index contributed by atoms with van der Waals surface area (Å²) in [7, 11) is -3.24. The first-order valence-corrected chi connectivity index (χ1v) is 7.93. The molecule has 0 atom stereocenters. The van der Waals surface area contributed by atoms with Crippen molar-refractivity contribution < 1.29 is 12.8 Å². The standard InChI is InChI=1S/C12H17N3O3S/c1-3-11-7-13-12(18-11)9-19(16,17)5-4-15-8-10(2)6-14-15/h6-8H,3-5,9H2,1-2H3. The fourth-order valence-electron chi connectivity index (χ4n) is 1.66. The van der Waals surface area contributed by atoms with Crippen molar-refractivity contribution in [2.75, 3.05) is 5.75 Å². The number of nitrogens with zero attached hydrogens (tertiary/aromatic N) is 3. The Labute approximate surface area is 112 Å². The summed E-state index contributed by atoms with van der Waals surface area (Å²) in [6.45, 7) is 4.19. The van der Waals surface area contributed by atoms with Gasteiger partial charge in [-0.1, -0.05) is 6.92 Å². The van der Waals surface area contributed by atoms with E-state index in [1.54, 1.807) is 17.1 Å². The topological polar surface area (TPSA) is 78.0 Å². The van der Waals surface area contributed by atoms with Crippen LogP contribution in [0.4, 0.5) is 0 Å². The highest BCUT2D eigenvalue weighted by atomic mass is 32.2. The average Bonchev–Trinajstić information content (AvgIpc) is 2.95. The van der Waals surface area contributed by atoms with Crippen molar-refractivity contribution in [2.45, 2.75) is 32.6 Å². The second kappa shape index (κ2) is 5.56. The largest absolute Gasteiger partial charge is 0.445 e. The molecule has 0 spiro atoms. The summed E-state index contributed by atoms with van der Waals surface area (Å²) in [6, 6.07) is 0. The van der Waals surface area contributed by atoms with Crippen molar-refractivity contribution >= 4 is 9.84 Å². The highest BCUT2D eigenvalue weighted by Gasteiger charge is 2.16. The Balaban J connectivity index is 1.94. The van der Waals surface area contributed by atoms with Gasteiger partial charge < -0.3 is 4.42 Å². The molecule has 6 nitrogen and oxygen atoms in total. The Kier molecular flexibility index (Phi) is 4.04. The van der Waals surface area contributed by atoms with E-state index in [1.807, 2.05) is 20.0 Å². The first kappa shape index (κ1) is 13.8. The molecule has 0 saturated carbocycles. The van der Waals surface area contributed by atoms with Crippen LogP contribution in [0.3, 0.4) is 0 Å². The monoisotopic (exact) mass is 283 g/mol. The minimum Gasteiger partial charge on any atom is -0.445 e. The molecule has 2 aromatic heterocycles. The number of aromatic nitrogens is 3. The van der Waals surface area contributed by atoms with Crippen LogP contribution >= 0.6 is 0 Å². The Morgan fingerprint density at radius 3 is 2.74 bits per heavy atom. The molecule has 0 aliphatic rings. The number of hydrogen-bond acceptors (Lipinski definition) is 5. The lowest BCUT2D eigenvalue weighted by Crippen LogP contribution is -2.15. The Morgan fingerprint density at radius 1 is 1.37 bits per heavy atom. The van der Waals surface area contributed by atoms with Gasteiger partial charge >= 0.3 is 0 Å². The quantitative estimate of drug-likeness (QED) is 0.799. The summed E-state index contributed by atoms with van der Waals surface area (Å²) in [5, 5.41) is 4.06. The summed E-state index contributed by atoms with van der Waals surface area (Å²) in [6.07, 6.45) is 5.80. The third-order valence-corrected chi connectivity index (χ3v) is 4.18. The average molecular weight is 283 g/mol. The molecule has 0 bridgehead atoms. The van der Waals surface area contributed by atoms with Gasteiger partial charge in [-0.25, -0.2) is 13.4 Å².